The molecule has 0 radical (unpaired) electrons. The predicted molar refractivity (Wildman–Crippen MR) is 124 cm³/mol. The summed E-state index contributed by atoms with van der Waals surface area (Å²) in [6.45, 7) is 4.79. The summed E-state index contributed by atoms with van der Waals surface area (Å²) in [5.41, 5.74) is 2.79. The Bertz CT molecular complexity index is 691. The van der Waals surface area contributed by atoms with E-state index in [1.54, 1.807) is 0 Å². The number of hydrogen-bond donors (Lipinski definition) is 1. The smallest absolute Gasteiger partial charge is 0.225 e. The molecule has 1 aromatic heterocycles. The summed E-state index contributed by atoms with van der Waals surface area (Å²) in [7, 11) is 0. The molecule has 1 atom stereocenters. The van der Waals surface area contributed by atoms with Gasteiger partial charge in [0.2, 0.25) is 5.95 Å². The van der Waals surface area contributed by atoms with Gasteiger partial charge in [-0.15, -0.1) is 0 Å². The lowest BCUT2D eigenvalue weighted by molar-refractivity contribution is 0.124. The lowest BCUT2D eigenvalue weighted by atomic mass is 9.92. The second kappa shape index (κ2) is 9.84. The van der Waals surface area contributed by atoms with Crippen molar-refractivity contribution < 1.29 is 0 Å². The Morgan fingerprint density at radius 1 is 0.700 bits per heavy atom. The minimum absolute atomic E-state index is 0.499. The van der Waals surface area contributed by atoms with Gasteiger partial charge >= 0.3 is 0 Å². The standard InChI is InChI=1S/C25H41N5/c1-2-9-17-29(16-8-1)24-22-14-6-7-15-23(22)27-25(28-24)26-20-11-10-18-30(19-20)21-12-4-3-5-13-21/h20-21H,1-19H2,(H,26,27,28)/t20-/m1/s1. The van der Waals surface area contributed by atoms with Gasteiger partial charge in [0.05, 0.1) is 5.69 Å². The van der Waals surface area contributed by atoms with Crippen LogP contribution in [0, 0.1) is 0 Å². The number of fused-ring (bicyclic) bond motifs is 1. The number of hydrogen-bond acceptors (Lipinski definition) is 5. The van der Waals surface area contributed by atoms with Crippen molar-refractivity contribution in [3.8, 4) is 0 Å². The van der Waals surface area contributed by atoms with Crippen molar-refractivity contribution in [2.24, 2.45) is 0 Å². The predicted octanol–water partition coefficient (Wildman–Crippen LogP) is 4.94. The van der Waals surface area contributed by atoms with Crippen LogP contribution in [0.5, 0.6) is 0 Å². The fourth-order valence-corrected chi connectivity index (χ4v) is 6.27. The molecule has 2 aliphatic carbocycles. The zero-order valence-electron chi connectivity index (χ0n) is 18.9. The molecule has 0 amide bonds. The van der Waals surface area contributed by atoms with Crippen molar-refractivity contribution in [2.75, 3.05) is 36.4 Å². The SMILES string of the molecule is C1CCC(N2CCC[C@@H](Nc3nc4c(c(N5CCCCCC5)n3)CCCC4)C2)CC1. The van der Waals surface area contributed by atoms with Crippen molar-refractivity contribution in [3.63, 3.8) is 0 Å². The minimum Gasteiger partial charge on any atom is -0.356 e. The topological polar surface area (TPSA) is 44.3 Å². The first-order chi connectivity index (χ1) is 14.9. The molecule has 5 rings (SSSR count). The van der Waals surface area contributed by atoms with Gasteiger partial charge < -0.3 is 10.2 Å². The fraction of sp³-hybridized carbons (Fsp3) is 0.840. The normalized spacial score (nSPS) is 26.8. The van der Waals surface area contributed by atoms with Gasteiger partial charge in [-0.1, -0.05) is 32.1 Å². The van der Waals surface area contributed by atoms with Gasteiger partial charge in [-0.05, 0) is 70.8 Å². The first kappa shape index (κ1) is 20.5. The van der Waals surface area contributed by atoms with Crippen LogP contribution in [0.25, 0.3) is 0 Å². The average Bonchev–Trinajstić information content (AvgIpc) is 3.09. The van der Waals surface area contributed by atoms with Crippen molar-refractivity contribution in [3.05, 3.63) is 11.3 Å². The Morgan fingerprint density at radius 3 is 2.30 bits per heavy atom. The summed E-state index contributed by atoms with van der Waals surface area (Å²) in [6.07, 6.45) is 19.9. The molecule has 1 aromatic rings. The van der Waals surface area contributed by atoms with E-state index in [0.29, 0.717) is 6.04 Å². The summed E-state index contributed by atoms with van der Waals surface area (Å²) in [4.78, 5) is 15.6. The Morgan fingerprint density at radius 2 is 1.47 bits per heavy atom. The highest BCUT2D eigenvalue weighted by Gasteiger charge is 2.28. The van der Waals surface area contributed by atoms with Crippen LogP contribution in [0.4, 0.5) is 11.8 Å². The van der Waals surface area contributed by atoms with E-state index < -0.39 is 0 Å². The largest absolute Gasteiger partial charge is 0.356 e. The van der Waals surface area contributed by atoms with E-state index in [0.717, 1.165) is 18.4 Å². The molecule has 2 aliphatic heterocycles. The molecule has 0 aromatic carbocycles. The second-order valence-electron chi connectivity index (χ2n) is 10.2. The molecule has 1 N–H and O–H groups in total. The van der Waals surface area contributed by atoms with Gasteiger partial charge in [0.15, 0.2) is 0 Å². The quantitative estimate of drug-likeness (QED) is 0.760. The number of likely N-dealkylation sites (tertiary alicyclic amines) is 1. The lowest BCUT2D eigenvalue weighted by Crippen LogP contribution is -2.48. The van der Waals surface area contributed by atoms with Gasteiger partial charge in [0, 0.05) is 37.3 Å². The van der Waals surface area contributed by atoms with Crippen LogP contribution in [0.2, 0.25) is 0 Å². The molecule has 4 aliphatic rings. The summed E-state index contributed by atoms with van der Waals surface area (Å²) in [5.74, 6) is 2.18. The molecule has 1 saturated carbocycles. The highest BCUT2D eigenvalue weighted by molar-refractivity contribution is 5.54. The van der Waals surface area contributed by atoms with E-state index in [-0.39, 0.29) is 0 Å². The van der Waals surface area contributed by atoms with Crippen LogP contribution in [0.15, 0.2) is 0 Å². The molecule has 0 unspecified atom stereocenters. The highest BCUT2D eigenvalue weighted by Crippen LogP contribution is 2.31. The number of rotatable bonds is 4. The zero-order valence-corrected chi connectivity index (χ0v) is 18.9. The van der Waals surface area contributed by atoms with Gasteiger partial charge in [-0.25, -0.2) is 4.98 Å². The average molecular weight is 412 g/mol. The van der Waals surface area contributed by atoms with Crippen molar-refractivity contribution in [1.29, 1.82) is 0 Å². The maximum Gasteiger partial charge on any atom is 0.225 e. The van der Waals surface area contributed by atoms with Gasteiger partial charge in [-0.3, -0.25) is 4.90 Å². The third kappa shape index (κ3) is 4.76. The van der Waals surface area contributed by atoms with E-state index in [1.165, 1.54) is 133 Å². The van der Waals surface area contributed by atoms with Crippen LogP contribution < -0.4 is 10.2 Å². The van der Waals surface area contributed by atoms with Crippen LogP contribution in [-0.4, -0.2) is 53.1 Å². The highest BCUT2D eigenvalue weighted by atomic mass is 15.3. The summed E-state index contributed by atoms with van der Waals surface area (Å²) in [5, 5.41) is 3.80. The van der Waals surface area contributed by atoms with Crippen LogP contribution in [0.3, 0.4) is 0 Å². The van der Waals surface area contributed by atoms with E-state index in [9.17, 15) is 0 Å². The number of anilines is 2. The fourth-order valence-electron chi connectivity index (χ4n) is 6.27. The molecule has 2 saturated heterocycles. The van der Waals surface area contributed by atoms with E-state index in [2.05, 4.69) is 15.1 Å². The second-order valence-corrected chi connectivity index (χ2v) is 10.2. The molecule has 166 valence electrons. The maximum atomic E-state index is 5.17. The van der Waals surface area contributed by atoms with Crippen LogP contribution in [0.1, 0.15) is 94.7 Å². The van der Waals surface area contributed by atoms with Gasteiger partial charge in [0.1, 0.15) is 5.82 Å². The van der Waals surface area contributed by atoms with Crippen LogP contribution >= 0.6 is 0 Å². The molecule has 0 bridgehead atoms. The van der Waals surface area contributed by atoms with E-state index >= 15 is 0 Å². The minimum atomic E-state index is 0.499. The zero-order chi connectivity index (χ0) is 20.2. The number of aryl methyl sites for hydroxylation is 1. The summed E-state index contributed by atoms with van der Waals surface area (Å²) >= 11 is 0. The van der Waals surface area contributed by atoms with Gasteiger partial charge in [-0.2, -0.15) is 4.98 Å². The Hall–Kier alpha value is -1.36. The maximum absolute atomic E-state index is 5.17. The molecule has 5 nitrogen and oxygen atoms in total. The number of aromatic nitrogens is 2. The molecular weight excluding hydrogens is 370 g/mol. The number of nitrogens with zero attached hydrogens (tertiary/aromatic N) is 4. The Kier molecular flexibility index (Phi) is 6.74. The molecule has 3 heterocycles. The third-order valence-electron chi connectivity index (χ3n) is 7.94. The lowest BCUT2D eigenvalue weighted by Gasteiger charge is -2.40. The summed E-state index contributed by atoms with van der Waals surface area (Å²) in [6, 6.07) is 1.32. The third-order valence-corrected chi connectivity index (χ3v) is 7.94. The molecular formula is C25H41N5. The first-order valence-corrected chi connectivity index (χ1v) is 13.0. The van der Waals surface area contributed by atoms with Crippen molar-refractivity contribution in [1.82, 2.24) is 14.9 Å². The van der Waals surface area contributed by atoms with E-state index in [4.69, 9.17) is 9.97 Å². The number of piperidine rings is 1. The number of nitrogens with one attached hydrogen (secondary N) is 1. The Balaban J connectivity index is 1.33. The Labute approximate surface area is 183 Å². The summed E-state index contributed by atoms with van der Waals surface area (Å²) < 4.78 is 0. The van der Waals surface area contributed by atoms with Crippen molar-refractivity contribution in [2.45, 2.75) is 108 Å². The van der Waals surface area contributed by atoms with Crippen LogP contribution in [-0.2, 0) is 12.8 Å². The monoisotopic (exact) mass is 411 g/mol. The molecule has 3 fully saturated rings. The molecule has 30 heavy (non-hydrogen) atoms. The van der Waals surface area contributed by atoms with E-state index in [1.807, 2.05) is 0 Å². The van der Waals surface area contributed by atoms with Gasteiger partial charge in [0.25, 0.3) is 0 Å². The van der Waals surface area contributed by atoms with Crippen molar-refractivity contribution >= 4 is 11.8 Å². The first-order valence-electron chi connectivity index (χ1n) is 13.0. The molecule has 5 heteroatoms. The molecule has 0 spiro atoms.